The second kappa shape index (κ2) is 6.85. The molecule has 0 saturated carbocycles. The Hall–Kier alpha value is -2.68. The molecular weight excluding hydrogens is 308 g/mol. The van der Waals surface area contributed by atoms with Gasteiger partial charge in [0.05, 0.1) is 4.92 Å². The van der Waals surface area contributed by atoms with Crippen LogP contribution in [0.4, 0.5) is 11.6 Å². The topological polar surface area (TPSA) is 118 Å². The Morgan fingerprint density at radius 3 is 2.68 bits per heavy atom. The fourth-order valence-electron chi connectivity index (χ4n) is 1.66. The number of anilines is 1. The third kappa shape index (κ3) is 3.92. The number of carbonyl (C=O) groups is 1. The number of benzene rings is 1. The van der Waals surface area contributed by atoms with Crippen molar-refractivity contribution in [2.75, 3.05) is 5.32 Å². The van der Waals surface area contributed by atoms with Crippen LogP contribution >= 0.6 is 11.8 Å². The Morgan fingerprint density at radius 1 is 1.41 bits per heavy atom. The number of amides is 1. The standard InChI is InChI=1S/C13H12N4O4S/c1-8(18)14-13-15-11(19)10(17(20)21)12(16-13)22-7-9-5-3-2-4-6-9/h2-6H,7H2,1H3,(H2,14,15,16,18,19). The minimum absolute atomic E-state index is 0.0404. The van der Waals surface area contributed by atoms with Gasteiger partial charge in [-0.15, -0.1) is 0 Å². The normalized spacial score (nSPS) is 10.2. The van der Waals surface area contributed by atoms with Crippen LogP contribution in [0.1, 0.15) is 12.5 Å². The molecule has 0 aliphatic rings. The maximum atomic E-state index is 11.8. The maximum absolute atomic E-state index is 11.8. The summed E-state index contributed by atoms with van der Waals surface area (Å²) in [4.78, 5) is 39.2. The summed E-state index contributed by atoms with van der Waals surface area (Å²) in [5.74, 6) is -0.132. The minimum atomic E-state index is -0.903. The highest BCUT2D eigenvalue weighted by Gasteiger charge is 2.23. The molecule has 0 radical (unpaired) electrons. The molecule has 114 valence electrons. The zero-order valence-electron chi connectivity index (χ0n) is 11.5. The molecule has 2 aromatic rings. The highest BCUT2D eigenvalue weighted by molar-refractivity contribution is 7.98. The van der Waals surface area contributed by atoms with Gasteiger partial charge in [-0.1, -0.05) is 42.1 Å². The lowest BCUT2D eigenvalue weighted by atomic mass is 10.2. The summed E-state index contributed by atoms with van der Waals surface area (Å²) in [6, 6.07) is 9.27. The van der Waals surface area contributed by atoms with Crippen LogP contribution in [0.15, 0.2) is 40.2 Å². The van der Waals surface area contributed by atoms with Crippen molar-refractivity contribution in [3.63, 3.8) is 0 Å². The molecule has 0 unspecified atom stereocenters. The molecule has 1 heterocycles. The van der Waals surface area contributed by atoms with Crippen LogP contribution in [0.3, 0.4) is 0 Å². The molecule has 0 aliphatic heterocycles. The summed E-state index contributed by atoms with van der Waals surface area (Å²) in [5, 5.41) is 13.3. The van der Waals surface area contributed by atoms with Gasteiger partial charge in [-0.05, 0) is 5.56 Å². The summed E-state index contributed by atoms with van der Waals surface area (Å²) in [7, 11) is 0. The maximum Gasteiger partial charge on any atom is 0.365 e. The van der Waals surface area contributed by atoms with Crippen molar-refractivity contribution in [2.24, 2.45) is 0 Å². The van der Waals surface area contributed by atoms with Crippen molar-refractivity contribution < 1.29 is 9.72 Å². The molecule has 2 N–H and O–H groups in total. The van der Waals surface area contributed by atoms with Gasteiger partial charge in [0.15, 0.2) is 5.03 Å². The largest absolute Gasteiger partial charge is 0.365 e. The number of aromatic nitrogens is 2. The van der Waals surface area contributed by atoms with Crippen LogP contribution in [0, 0.1) is 10.1 Å². The van der Waals surface area contributed by atoms with Crippen molar-refractivity contribution in [2.45, 2.75) is 17.7 Å². The summed E-state index contributed by atoms with van der Waals surface area (Å²) < 4.78 is 0. The first kappa shape index (κ1) is 15.7. The molecule has 0 saturated heterocycles. The number of nitrogens with one attached hydrogen (secondary N) is 2. The van der Waals surface area contributed by atoms with E-state index >= 15 is 0 Å². The van der Waals surface area contributed by atoms with Gasteiger partial charge in [0, 0.05) is 12.7 Å². The number of nitrogens with zero attached hydrogens (tertiary/aromatic N) is 2. The molecule has 9 heteroatoms. The van der Waals surface area contributed by atoms with E-state index in [1.54, 1.807) is 0 Å². The highest BCUT2D eigenvalue weighted by Crippen LogP contribution is 2.27. The van der Waals surface area contributed by atoms with E-state index < -0.39 is 22.1 Å². The lowest BCUT2D eigenvalue weighted by molar-refractivity contribution is -0.389. The van der Waals surface area contributed by atoms with Crippen LogP contribution in [-0.4, -0.2) is 20.8 Å². The van der Waals surface area contributed by atoms with E-state index in [0.717, 1.165) is 17.3 Å². The van der Waals surface area contributed by atoms with Crippen molar-refractivity contribution in [3.8, 4) is 0 Å². The lowest BCUT2D eigenvalue weighted by Gasteiger charge is -2.05. The number of thioether (sulfide) groups is 1. The van der Waals surface area contributed by atoms with Gasteiger partial charge in [0.2, 0.25) is 11.9 Å². The van der Waals surface area contributed by atoms with Gasteiger partial charge in [-0.25, -0.2) is 4.98 Å². The average molecular weight is 320 g/mol. The fourth-order valence-corrected chi connectivity index (χ4v) is 2.62. The molecule has 1 amide bonds. The van der Waals surface area contributed by atoms with E-state index in [4.69, 9.17) is 0 Å². The SMILES string of the molecule is CC(=O)Nc1nc(SCc2ccccc2)c([N+](=O)[O-])c(=O)[nH]1. The molecule has 0 atom stereocenters. The first-order chi connectivity index (χ1) is 10.5. The molecular formula is C13H12N4O4S. The Morgan fingerprint density at radius 2 is 2.09 bits per heavy atom. The van der Waals surface area contributed by atoms with E-state index in [-0.39, 0.29) is 11.0 Å². The first-order valence-corrected chi connectivity index (χ1v) is 7.19. The van der Waals surface area contributed by atoms with Crippen molar-refractivity contribution >= 4 is 29.3 Å². The van der Waals surface area contributed by atoms with Gasteiger partial charge < -0.3 is 0 Å². The van der Waals surface area contributed by atoms with Gasteiger partial charge >= 0.3 is 11.2 Å². The zero-order valence-corrected chi connectivity index (χ0v) is 12.3. The fraction of sp³-hybridized carbons (Fsp3) is 0.154. The van der Waals surface area contributed by atoms with E-state index in [1.807, 2.05) is 30.3 Å². The molecule has 1 aromatic heterocycles. The van der Waals surface area contributed by atoms with Crippen LogP contribution in [0.5, 0.6) is 0 Å². The summed E-state index contributed by atoms with van der Waals surface area (Å²) in [6.07, 6.45) is 0. The number of nitro groups is 1. The first-order valence-electron chi connectivity index (χ1n) is 6.20. The summed E-state index contributed by atoms with van der Waals surface area (Å²) in [5.41, 5.74) is -0.598. The predicted molar refractivity (Wildman–Crippen MR) is 81.8 cm³/mol. The summed E-state index contributed by atoms with van der Waals surface area (Å²) in [6.45, 7) is 1.25. The predicted octanol–water partition coefficient (Wildman–Crippen LogP) is 1.93. The molecule has 0 bridgehead atoms. The second-order valence-corrected chi connectivity index (χ2v) is 5.24. The molecule has 1 aromatic carbocycles. The van der Waals surface area contributed by atoms with Crippen LogP contribution in [-0.2, 0) is 10.5 Å². The van der Waals surface area contributed by atoms with Crippen LogP contribution < -0.4 is 10.9 Å². The highest BCUT2D eigenvalue weighted by atomic mass is 32.2. The minimum Gasteiger partial charge on any atom is -0.296 e. The quantitative estimate of drug-likeness (QED) is 0.376. The van der Waals surface area contributed by atoms with Gasteiger partial charge in [0.1, 0.15) is 0 Å². The average Bonchev–Trinajstić information content (AvgIpc) is 2.44. The molecule has 0 fully saturated rings. The molecule has 8 nitrogen and oxygen atoms in total. The Kier molecular flexibility index (Phi) is 4.89. The van der Waals surface area contributed by atoms with Gasteiger partial charge in [-0.3, -0.25) is 30.0 Å². The zero-order chi connectivity index (χ0) is 16.1. The van der Waals surface area contributed by atoms with E-state index in [0.29, 0.717) is 5.75 Å². The number of aromatic amines is 1. The van der Waals surface area contributed by atoms with E-state index in [9.17, 15) is 19.7 Å². The number of rotatable bonds is 5. The molecule has 22 heavy (non-hydrogen) atoms. The van der Waals surface area contributed by atoms with Crippen molar-refractivity contribution in [3.05, 3.63) is 56.4 Å². The number of hydrogen-bond acceptors (Lipinski definition) is 6. The third-order valence-electron chi connectivity index (χ3n) is 2.56. The van der Waals surface area contributed by atoms with E-state index in [1.165, 1.54) is 6.92 Å². The monoisotopic (exact) mass is 320 g/mol. The third-order valence-corrected chi connectivity index (χ3v) is 3.59. The number of hydrogen-bond donors (Lipinski definition) is 2. The van der Waals surface area contributed by atoms with Gasteiger partial charge in [-0.2, -0.15) is 0 Å². The molecule has 2 rings (SSSR count). The van der Waals surface area contributed by atoms with E-state index in [2.05, 4.69) is 15.3 Å². The smallest absolute Gasteiger partial charge is 0.296 e. The Labute approximate surface area is 129 Å². The lowest BCUT2D eigenvalue weighted by Crippen LogP contribution is -2.19. The molecule has 0 spiro atoms. The molecule has 0 aliphatic carbocycles. The van der Waals surface area contributed by atoms with Crippen LogP contribution in [0.2, 0.25) is 0 Å². The van der Waals surface area contributed by atoms with Gasteiger partial charge in [0.25, 0.3) is 0 Å². The van der Waals surface area contributed by atoms with Crippen molar-refractivity contribution in [1.82, 2.24) is 9.97 Å². The Balaban J connectivity index is 2.34. The van der Waals surface area contributed by atoms with Crippen LogP contribution in [0.25, 0.3) is 0 Å². The second-order valence-electron chi connectivity index (χ2n) is 4.28. The van der Waals surface area contributed by atoms with Crippen molar-refractivity contribution in [1.29, 1.82) is 0 Å². The number of H-pyrrole nitrogens is 1. The number of carbonyl (C=O) groups excluding carboxylic acids is 1. The summed E-state index contributed by atoms with van der Waals surface area (Å²) >= 11 is 1.06. The Bertz CT molecular complexity index is 760.